The van der Waals surface area contributed by atoms with Gasteiger partial charge in [0, 0.05) is 36.2 Å². The molecule has 1 atom stereocenters. The Hall–Kier alpha value is -3.27. The second-order valence-corrected chi connectivity index (χ2v) is 7.80. The Balaban J connectivity index is 1.70. The van der Waals surface area contributed by atoms with Crippen LogP contribution in [0.2, 0.25) is 5.02 Å². The van der Waals surface area contributed by atoms with Gasteiger partial charge in [0.1, 0.15) is 29.8 Å². The SMILES string of the molecule is CNCC=CC(=O)Nc1cc2c(Nc3ccc(F)c(Cl)c3)ncnc2cc1OC1CCOC1. The highest BCUT2D eigenvalue weighted by molar-refractivity contribution is 6.31. The Morgan fingerprint density at radius 3 is 2.97 bits per heavy atom. The maximum atomic E-state index is 13.5. The summed E-state index contributed by atoms with van der Waals surface area (Å²) in [6.07, 6.45) is 5.23. The number of amides is 1. The Morgan fingerprint density at radius 2 is 2.21 bits per heavy atom. The summed E-state index contributed by atoms with van der Waals surface area (Å²) in [6.45, 7) is 1.68. The van der Waals surface area contributed by atoms with E-state index in [0.29, 0.717) is 53.6 Å². The number of nitrogens with one attached hydrogen (secondary N) is 3. The molecule has 1 fully saturated rings. The second-order valence-electron chi connectivity index (χ2n) is 7.39. The van der Waals surface area contributed by atoms with Crippen molar-refractivity contribution in [1.29, 1.82) is 0 Å². The Labute approximate surface area is 195 Å². The number of hydrogen-bond donors (Lipinski definition) is 3. The molecule has 1 aromatic heterocycles. The summed E-state index contributed by atoms with van der Waals surface area (Å²) in [6, 6.07) is 7.80. The van der Waals surface area contributed by atoms with Crippen molar-refractivity contribution in [1.82, 2.24) is 15.3 Å². The number of halogens is 2. The first kappa shape index (κ1) is 22.9. The first-order valence-electron chi connectivity index (χ1n) is 10.4. The summed E-state index contributed by atoms with van der Waals surface area (Å²) >= 11 is 5.90. The summed E-state index contributed by atoms with van der Waals surface area (Å²) in [5, 5.41) is 9.58. The second kappa shape index (κ2) is 10.6. The maximum absolute atomic E-state index is 13.5. The first-order chi connectivity index (χ1) is 16.0. The zero-order valence-electron chi connectivity index (χ0n) is 17.9. The highest BCUT2D eigenvalue weighted by atomic mass is 35.5. The van der Waals surface area contributed by atoms with E-state index in [0.717, 1.165) is 6.42 Å². The van der Waals surface area contributed by atoms with Crippen LogP contribution in [-0.4, -0.2) is 48.8 Å². The van der Waals surface area contributed by atoms with E-state index in [1.165, 1.54) is 24.5 Å². The molecule has 3 aromatic rings. The zero-order valence-corrected chi connectivity index (χ0v) is 18.7. The molecule has 1 aliphatic rings. The lowest BCUT2D eigenvalue weighted by Gasteiger charge is -2.17. The summed E-state index contributed by atoms with van der Waals surface area (Å²) < 4.78 is 25.0. The molecule has 8 nitrogen and oxygen atoms in total. The molecule has 0 saturated carbocycles. The van der Waals surface area contributed by atoms with E-state index in [1.807, 2.05) is 0 Å². The van der Waals surface area contributed by atoms with Crippen molar-refractivity contribution in [3.8, 4) is 5.75 Å². The van der Waals surface area contributed by atoms with Crippen molar-refractivity contribution in [2.75, 3.05) is 37.4 Å². The predicted octanol–water partition coefficient (Wildman–Crippen LogP) is 4.05. The molecule has 0 radical (unpaired) electrons. The topological polar surface area (TPSA) is 97.4 Å². The molecule has 0 spiro atoms. The Kier molecular flexibility index (Phi) is 7.33. The molecule has 1 unspecified atom stereocenters. The van der Waals surface area contributed by atoms with E-state index in [-0.39, 0.29) is 17.0 Å². The number of nitrogens with zero attached hydrogens (tertiary/aromatic N) is 2. The molecule has 10 heteroatoms. The molecule has 172 valence electrons. The molecule has 33 heavy (non-hydrogen) atoms. The standard InChI is InChI=1S/C23H23ClFN5O3/c1-26-7-2-3-22(31)30-20-10-16-19(11-21(20)33-15-6-8-32-12-15)27-13-28-23(16)29-14-4-5-18(25)17(24)9-14/h2-5,9-11,13,15,26H,6-8,12H2,1H3,(H,30,31)(H,27,28,29). The molecule has 1 saturated heterocycles. The van der Waals surface area contributed by atoms with Crippen molar-refractivity contribution in [3.63, 3.8) is 0 Å². The fourth-order valence-electron chi connectivity index (χ4n) is 3.33. The van der Waals surface area contributed by atoms with Gasteiger partial charge in [0.2, 0.25) is 5.91 Å². The number of fused-ring (bicyclic) bond motifs is 1. The largest absolute Gasteiger partial charge is 0.486 e. The smallest absolute Gasteiger partial charge is 0.248 e. The van der Waals surface area contributed by atoms with Crippen molar-refractivity contribution < 1.29 is 18.7 Å². The lowest BCUT2D eigenvalue weighted by atomic mass is 10.1. The van der Waals surface area contributed by atoms with Crippen molar-refractivity contribution >= 4 is 45.6 Å². The van der Waals surface area contributed by atoms with E-state index in [2.05, 4.69) is 25.9 Å². The van der Waals surface area contributed by atoms with Gasteiger partial charge in [0.05, 0.1) is 29.4 Å². The number of aromatic nitrogens is 2. The minimum absolute atomic E-state index is 0.00543. The minimum Gasteiger partial charge on any atom is -0.486 e. The van der Waals surface area contributed by atoms with Crippen LogP contribution in [0.3, 0.4) is 0 Å². The monoisotopic (exact) mass is 471 g/mol. The third-order valence-corrected chi connectivity index (χ3v) is 5.24. The fourth-order valence-corrected chi connectivity index (χ4v) is 3.51. The van der Waals surface area contributed by atoms with Crippen LogP contribution in [0, 0.1) is 5.82 Å². The molecule has 4 rings (SSSR count). The highest BCUT2D eigenvalue weighted by Crippen LogP contribution is 2.35. The van der Waals surface area contributed by atoms with Crippen LogP contribution in [-0.2, 0) is 9.53 Å². The van der Waals surface area contributed by atoms with E-state index < -0.39 is 5.82 Å². The van der Waals surface area contributed by atoms with Crippen LogP contribution >= 0.6 is 11.6 Å². The van der Waals surface area contributed by atoms with Crippen LogP contribution in [0.4, 0.5) is 21.6 Å². The number of carbonyl (C=O) groups excluding carboxylic acids is 1. The fraction of sp³-hybridized carbons (Fsp3) is 0.261. The number of ether oxygens (including phenoxy) is 2. The van der Waals surface area contributed by atoms with Gasteiger partial charge in [-0.05, 0) is 31.3 Å². The number of hydrogen-bond acceptors (Lipinski definition) is 7. The van der Waals surface area contributed by atoms with Crippen molar-refractivity contribution in [2.45, 2.75) is 12.5 Å². The van der Waals surface area contributed by atoms with Crippen molar-refractivity contribution in [3.05, 3.63) is 59.7 Å². The Bertz CT molecular complexity index is 1180. The number of rotatable bonds is 8. The molecule has 1 aliphatic heterocycles. The third-order valence-electron chi connectivity index (χ3n) is 4.95. The van der Waals surface area contributed by atoms with Gasteiger partial charge in [0.15, 0.2) is 0 Å². The molecular formula is C23H23ClFN5O3. The lowest BCUT2D eigenvalue weighted by Crippen LogP contribution is -2.18. The average molecular weight is 472 g/mol. The molecular weight excluding hydrogens is 449 g/mol. The summed E-state index contributed by atoms with van der Waals surface area (Å²) in [5.41, 5.74) is 1.65. The lowest BCUT2D eigenvalue weighted by molar-refractivity contribution is -0.111. The number of carbonyl (C=O) groups is 1. The summed E-state index contributed by atoms with van der Waals surface area (Å²) in [7, 11) is 1.80. The van der Waals surface area contributed by atoms with Gasteiger partial charge in [0.25, 0.3) is 0 Å². The quantitative estimate of drug-likeness (QED) is 0.426. The van der Waals surface area contributed by atoms with Gasteiger partial charge < -0.3 is 25.4 Å². The zero-order chi connectivity index (χ0) is 23.2. The van der Waals surface area contributed by atoms with E-state index in [9.17, 15) is 9.18 Å². The highest BCUT2D eigenvalue weighted by Gasteiger charge is 2.20. The van der Waals surface area contributed by atoms with E-state index in [4.69, 9.17) is 21.1 Å². The molecule has 0 bridgehead atoms. The van der Waals surface area contributed by atoms with Gasteiger partial charge >= 0.3 is 0 Å². The number of likely N-dealkylation sites (N-methyl/N-ethyl adjacent to an activating group) is 1. The van der Waals surface area contributed by atoms with E-state index >= 15 is 0 Å². The van der Waals surface area contributed by atoms with E-state index in [1.54, 1.807) is 31.3 Å². The summed E-state index contributed by atoms with van der Waals surface area (Å²) in [5.74, 6) is 0.153. The maximum Gasteiger partial charge on any atom is 0.248 e. The average Bonchev–Trinajstić information content (AvgIpc) is 3.30. The number of anilines is 3. The van der Waals surface area contributed by atoms with Crippen molar-refractivity contribution in [2.24, 2.45) is 0 Å². The first-order valence-corrected chi connectivity index (χ1v) is 10.8. The van der Waals surface area contributed by atoms with Gasteiger partial charge in [-0.3, -0.25) is 4.79 Å². The van der Waals surface area contributed by atoms with Crippen LogP contribution in [0.5, 0.6) is 5.75 Å². The normalized spacial score (nSPS) is 15.8. The summed E-state index contributed by atoms with van der Waals surface area (Å²) in [4.78, 5) is 21.1. The molecule has 0 aliphatic carbocycles. The van der Waals surface area contributed by atoms with Gasteiger partial charge in [-0.1, -0.05) is 17.7 Å². The van der Waals surface area contributed by atoms with Gasteiger partial charge in [-0.25, -0.2) is 14.4 Å². The Morgan fingerprint density at radius 1 is 1.33 bits per heavy atom. The third kappa shape index (κ3) is 5.75. The van der Waals surface area contributed by atoms with Crippen LogP contribution < -0.4 is 20.7 Å². The molecule has 3 N–H and O–H groups in total. The van der Waals surface area contributed by atoms with Crippen LogP contribution in [0.25, 0.3) is 10.9 Å². The minimum atomic E-state index is -0.510. The molecule has 2 aromatic carbocycles. The van der Waals surface area contributed by atoms with Gasteiger partial charge in [-0.15, -0.1) is 0 Å². The molecule has 1 amide bonds. The molecule has 2 heterocycles. The van der Waals surface area contributed by atoms with Crippen LogP contribution in [0.1, 0.15) is 6.42 Å². The van der Waals surface area contributed by atoms with Crippen LogP contribution in [0.15, 0.2) is 48.8 Å². The van der Waals surface area contributed by atoms with Gasteiger partial charge in [-0.2, -0.15) is 0 Å². The number of benzene rings is 2. The predicted molar refractivity (Wildman–Crippen MR) is 126 cm³/mol.